The largest absolute Gasteiger partial charge is 0.480 e. The minimum atomic E-state index is -1.12. The van der Waals surface area contributed by atoms with Crippen LogP contribution < -0.4 is 11.1 Å². The Hall–Kier alpha value is -1.10. The number of carbonyl (C=O) groups is 2. The zero-order valence-electron chi connectivity index (χ0n) is 12.4. The van der Waals surface area contributed by atoms with Crippen molar-refractivity contribution in [2.24, 2.45) is 11.7 Å². The van der Waals surface area contributed by atoms with E-state index in [1.165, 1.54) is 0 Å². The van der Waals surface area contributed by atoms with Gasteiger partial charge in [0, 0.05) is 6.42 Å². The van der Waals surface area contributed by atoms with Crippen LogP contribution in [0, 0.1) is 5.92 Å². The Labute approximate surface area is 115 Å². The maximum atomic E-state index is 11.9. The van der Waals surface area contributed by atoms with Crippen LogP contribution in [0.3, 0.4) is 0 Å². The predicted octanol–water partition coefficient (Wildman–Crippen LogP) is 1.90. The third kappa shape index (κ3) is 5.59. The van der Waals surface area contributed by atoms with Gasteiger partial charge in [-0.15, -0.1) is 0 Å². The molecule has 5 heteroatoms. The van der Waals surface area contributed by atoms with Gasteiger partial charge in [-0.1, -0.05) is 27.2 Å². The number of carbonyl (C=O) groups excluding carboxylic acids is 1. The molecule has 1 atom stereocenters. The van der Waals surface area contributed by atoms with E-state index >= 15 is 0 Å². The first-order valence-corrected chi connectivity index (χ1v) is 7.20. The van der Waals surface area contributed by atoms with Crippen molar-refractivity contribution >= 4 is 11.9 Å². The van der Waals surface area contributed by atoms with Crippen LogP contribution in [0.25, 0.3) is 0 Å². The molecule has 1 amide bonds. The molecule has 0 bridgehead atoms. The quantitative estimate of drug-likeness (QED) is 0.566. The van der Waals surface area contributed by atoms with Gasteiger partial charge in [0.2, 0.25) is 5.91 Å². The van der Waals surface area contributed by atoms with Crippen LogP contribution in [0.5, 0.6) is 0 Å². The Morgan fingerprint density at radius 2 is 1.79 bits per heavy atom. The maximum absolute atomic E-state index is 11.9. The zero-order chi connectivity index (χ0) is 14.9. The van der Waals surface area contributed by atoms with Gasteiger partial charge >= 0.3 is 5.97 Å². The minimum Gasteiger partial charge on any atom is -0.480 e. The second-order valence-electron chi connectivity index (χ2n) is 5.03. The summed E-state index contributed by atoms with van der Waals surface area (Å²) >= 11 is 0. The second kappa shape index (κ2) is 8.91. The molecule has 0 fully saturated rings. The molecule has 0 aromatic carbocycles. The van der Waals surface area contributed by atoms with Crippen molar-refractivity contribution in [3.05, 3.63) is 0 Å². The molecule has 0 aliphatic heterocycles. The highest BCUT2D eigenvalue weighted by Crippen LogP contribution is 2.18. The maximum Gasteiger partial charge on any atom is 0.329 e. The summed E-state index contributed by atoms with van der Waals surface area (Å²) in [6.07, 6.45) is 3.83. The molecule has 0 spiro atoms. The fraction of sp³-hybridized carbons (Fsp3) is 0.857. The van der Waals surface area contributed by atoms with Crippen molar-refractivity contribution in [3.8, 4) is 0 Å². The van der Waals surface area contributed by atoms with Crippen LogP contribution >= 0.6 is 0 Å². The summed E-state index contributed by atoms with van der Waals surface area (Å²) in [5, 5.41) is 11.9. The Kier molecular flexibility index (Phi) is 8.39. The number of amides is 1. The molecule has 0 rings (SSSR count). The fourth-order valence-electron chi connectivity index (χ4n) is 2.24. The van der Waals surface area contributed by atoms with Crippen molar-refractivity contribution in [1.82, 2.24) is 5.32 Å². The molecule has 112 valence electrons. The lowest BCUT2D eigenvalue weighted by Gasteiger charge is -2.28. The Morgan fingerprint density at radius 3 is 2.16 bits per heavy atom. The van der Waals surface area contributed by atoms with Gasteiger partial charge in [-0.3, -0.25) is 4.79 Å². The third-order valence-corrected chi connectivity index (χ3v) is 3.93. The second-order valence-corrected chi connectivity index (χ2v) is 5.03. The number of carboxylic acids is 1. The molecule has 0 aliphatic rings. The monoisotopic (exact) mass is 272 g/mol. The molecule has 0 aliphatic carbocycles. The Balaban J connectivity index is 4.39. The van der Waals surface area contributed by atoms with Crippen LogP contribution in [-0.2, 0) is 9.59 Å². The zero-order valence-corrected chi connectivity index (χ0v) is 12.4. The van der Waals surface area contributed by atoms with Gasteiger partial charge in [0.15, 0.2) is 0 Å². The van der Waals surface area contributed by atoms with Crippen molar-refractivity contribution in [2.45, 2.75) is 64.8 Å². The third-order valence-electron chi connectivity index (χ3n) is 3.93. The highest BCUT2D eigenvalue weighted by Gasteiger charge is 2.36. The smallest absolute Gasteiger partial charge is 0.329 e. The van der Waals surface area contributed by atoms with Gasteiger partial charge in [0.05, 0.1) is 0 Å². The highest BCUT2D eigenvalue weighted by atomic mass is 16.4. The Morgan fingerprint density at radius 1 is 1.21 bits per heavy atom. The van der Waals surface area contributed by atoms with E-state index in [2.05, 4.69) is 12.2 Å². The SMILES string of the molecule is CCC(CCN)CCC(=O)NC(CC)(CC)C(=O)O. The van der Waals surface area contributed by atoms with Gasteiger partial charge in [-0.05, 0) is 38.1 Å². The van der Waals surface area contributed by atoms with Crippen LogP contribution in [0.2, 0.25) is 0 Å². The van der Waals surface area contributed by atoms with Crippen LogP contribution in [-0.4, -0.2) is 29.1 Å². The molecule has 0 aromatic heterocycles. The van der Waals surface area contributed by atoms with Crippen molar-refractivity contribution in [3.63, 3.8) is 0 Å². The van der Waals surface area contributed by atoms with Crippen molar-refractivity contribution in [2.75, 3.05) is 6.54 Å². The standard InChI is InChI=1S/C14H28N2O3/c1-4-11(9-10-15)7-8-12(17)16-14(5-2,6-3)13(18)19/h11H,4-10,15H2,1-3H3,(H,16,17)(H,18,19). The summed E-state index contributed by atoms with van der Waals surface area (Å²) in [7, 11) is 0. The van der Waals surface area contributed by atoms with Gasteiger partial charge < -0.3 is 16.2 Å². The molecule has 0 saturated carbocycles. The highest BCUT2D eigenvalue weighted by molar-refractivity contribution is 5.86. The number of rotatable bonds is 10. The molecule has 5 nitrogen and oxygen atoms in total. The minimum absolute atomic E-state index is 0.179. The van der Waals surface area contributed by atoms with Gasteiger partial charge in [0.1, 0.15) is 5.54 Å². The summed E-state index contributed by atoms with van der Waals surface area (Å²) < 4.78 is 0. The normalized spacial score (nSPS) is 13.1. The number of carboxylic acid groups (broad SMARTS) is 1. The number of hydrogen-bond donors (Lipinski definition) is 3. The molecule has 1 unspecified atom stereocenters. The molecule has 0 radical (unpaired) electrons. The van der Waals surface area contributed by atoms with Gasteiger partial charge in [0.25, 0.3) is 0 Å². The number of hydrogen-bond acceptors (Lipinski definition) is 3. The molecule has 19 heavy (non-hydrogen) atoms. The Bertz CT molecular complexity index is 288. The fourth-order valence-corrected chi connectivity index (χ4v) is 2.24. The van der Waals surface area contributed by atoms with E-state index in [0.29, 0.717) is 31.7 Å². The van der Waals surface area contributed by atoms with E-state index in [4.69, 9.17) is 5.73 Å². The molecule has 4 N–H and O–H groups in total. The van der Waals surface area contributed by atoms with Crippen LogP contribution in [0.4, 0.5) is 0 Å². The van der Waals surface area contributed by atoms with E-state index in [9.17, 15) is 14.7 Å². The van der Waals surface area contributed by atoms with E-state index in [-0.39, 0.29) is 5.91 Å². The van der Waals surface area contributed by atoms with E-state index in [1.54, 1.807) is 13.8 Å². The summed E-state index contributed by atoms with van der Waals surface area (Å²) in [5.74, 6) is -0.695. The average molecular weight is 272 g/mol. The number of nitrogens with two attached hydrogens (primary N) is 1. The molecule has 0 saturated heterocycles. The first-order chi connectivity index (χ1) is 8.95. The summed E-state index contributed by atoms with van der Waals surface area (Å²) in [6.45, 7) is 6.27. The molecular formula is C14H28N2O3. The van der Waals surface area contributed by atoms with Crippen LogP contribution in [0.1, 0.15) is 59.3 Å². The lowest BCUT2D eigenvalue weighted by atomic mass is 9.91. The first kappa shape index (κ1) is 17.9. The predicted molar refractivity (Wildman–Crippen MR) is 75.8 cm³/mol. The molecule has 0 heterocycles. The summed E-state index contributed by atoms with van der Waals surface area (Å²) in [5.41, 5.74) is 4.40. The number of nitrogens with one attached hydrogen (secondary N) is 1. The lowest BCUT2D eigenvalue weighted by Crippen LogP contribution is -2.53. The van der Waals surface area contributed by atoms with Crippen molar-refractivity contribution < 1.29 is 14.7 Å². The lowest BCUT2D eigenvalue weighted by molar-refractivity contribution is -0.148. The average Bonchev–Trinajstić information content (AvgIpc) is 2.40. The molecule has 0 aromatic rings. The van der Waals surface area contributed by atoms with Gasteiger partial charge in [-0.25, -0.2) is 4.79 Å². The topological polar surface area (TPSA) is 92.4 Å². The summed E-state index contributed by atoms with van der Waals surface area (Å²) in [4.78, 5) is 23.2. The van der Waals surface area contributed by atoms with E-state index in [1.807, 2.05) is 0 Å². The van der Waals surface area contributed by atoms with E-state index in [0.717, 1.165) is 19.3 Å². The summed E-state index contributed by atoms with van der Waals surface area (Å²) in [6, 6.07) is 0. The van der Waals surface area contributed by atoms with Gasteiger partial charge in [-0.2, -0.15) is 0 Å². The van der Waals surface area contributed by atoms with E-state index < -0.39 is 11.5 Å². The van der Waals surface area contributed by atoms with Crippen LogP contribution in [0.15, 0.2) is 0 Å². The van der Waals surface area contributed by atoms with Crippen molar-refractivity contribution in [1.29, 1.82) is 0 Å². The first-order valence-electron chi connectivity index (χ1n) is 7.20. The molecular weight excluding hydrogens is 244 g/mol. The number of aliphatic carboxylic acids is 1.